The Bertz CT molecular complexity index is 897. The van der Waals surface area contributed by atoms with Crippen LogP contribution in [0.1, 0.15) is 22.1 Å². The number of nitrogens with zero attached hydrogens (tertiary/aromatic N) is 2. The Balaban J connectivity index is 1.32. The fourth-order valence-electron chi connectivity index (χ4n) is 3.79. The lowest BCUT2D eigenvalue weighted by molar-refractivity contribution is -0.224. The van der Waals surface area contributed by atoms with Crippen LogP contribution in [0.15, 0.2) is 36.7 Å². The first-order valence-corrected chi connectivity index (χ1v) is 10.4. The first-order valence-electron chi connectivity index (χ1n) is 10.4. The third-order valence-corrected chi connectivity index (χ3v) is 5.64. The second kappa shape index (κ2) is 9.55. The van der Waals surface area contributed by atoms with Gasteiger partial charge in [0.1, 0.15) is 6.17 Å². The van der Waals surface area contributed by atoms with E-state index in [1.807, 2.05) is 0 Å². The van der Waals surface area contributed by atoms with Crippen molar-refractivity contribution in [1.29, 1.82) is 0 Å². The van der Waals surface area contributed by atoms with Gasteiger partial charge in [-0.15, -0.1) is 0 Å². The average molecular weight is 470 g/mol. The highest BCUT2D eigenvalue weighted by molar-refractivity contribution is 5.94. The molecule has 4 unspecified atom stereocenters. The van der Waals surface area contributed by atoms with Gasteiger partial charge in [0.2, 0.25) is 6.23 Å². The quantitative estimate of drug-likeness (QED) is 0.476. The van der Waals surface area contributed by atoms with Gasteiger partial charge < -0.3 is 25.2 Å². The summed E-state index contributed by atoms with van der Waals surface area (Å²) in [7, 11) is 1.80. The summed E-state index contributed by atoms with van der Waals surface area (Å²) in [6.07, 6.45) is -4.52. The van der Waals surface area contributed by atoms with E-state index >= 15 is 0 Å². The molecule has 0 aliphatic carbocycles. The average Bonchev–Trinajstić information content (AvgIpc) is 3.47. The molecule has 4 rings (SSSR count). The van der Waals surface area contributed by atoms with E-state index in [0.717, 1.165) is 0 Å². The fourth-order valence-corrected chi connectivity index (χ4v) is 3.79. The molecule has 2 saturated heterocycles. The van der Waals surface area contributed by atoms with Crippen LogP contribution in [0.4, 0.5) is 13.2 Å². The van der Waals surface area contributed by atoms with E-state index in [1.165, 1.54) is 24.3 Å². The number of carbonyl (C=O) groups excluding carboxylic acids is 2. The molecule has 3 heterocycles. The van der Waals surface area contributed by atoms with Crippen LogP contribution in [0.2, 0.25) is 0 Å². The van der Waals surface area contributed by atoms with Crippen LogP contribution in [0.25, 0.3) is 0 Å². The predicted octanol–water partition coefficient (Wildman–Crippen LogP) is -0.0125. The summed E-state index contributed by atoms with van der Waals surface area (Å²) in [4.78, 5) is 33.5. The molecule has 10 nitrogen and oxygen atoms in total. The Labute approximate surface area is 188 Å². The molecule has 4 N–H and O–H groups in total. The van der Waals surface area contributed by atoms with Crippen LogP contribution in [-0.4, -0.2) is 79.6 Å². The number of morpholine rings is 1. The van der Waals surface area contributed by atoms with Crippen molar-refractivity contribution < 1.29 is 32.3 Å². The summed E-state index contributed by atoms with van der Waals surface area (Å²) in [5, 5.41) is 8.08. The second-order valence-electron chi connectivity index (χ2n) is 7.90. The van der Waals surface area contributed by atoms with E-state index in [4.69, 9.17) is 4.74 Å². The number of likely N-dealkylation sites (N-methyl/N-ethyl adjacent to an activating group) is 1. The molecule has 3 aliphatic heterocycles. The van der Waals surface area contributed by atoms with E-state index in [-0.39, 0.29) is 24.4 Å². The molecule has 13 heteroatoms. The number of hydrogen-bond donors (Lipinski definition) is 4. The number of hydrogen-bond acceptors (Lipinski definition) is 8. The maximum Gasteiger partial charge on any atom is 0.430 e. The van der Waals surface area contributed by atoms with Crippen LogP contribution >= 0.6 is 0 Å². The number of rotatable bonds is 5. The highest BCUT2D eigenvalue weighted by atomic mass is 19.4. The number of alkyl halides is 3. The van der Waals surface area contributed by atoms with Gasteiger partial charge in [-0.3, -0.25) is 19.7 Å². The highest BCUT2D eigenvalue weighted by Gasteiger charge is 2.46. The molecule has 0 spiro atoms. The summed E-state index contributed by atoms with van der Waals surface area (Å²) < 4.78 is 43.7. The predicted molar refractivity (Wildman–Crippen MR) is 109 cm³/mol. The van der Waals surface area contributed by atoms with Gasteiger partial charge in [0.05, 0.1) is 19.3 Å². The van der Waals surface area contributed by atoms with Gasteiger partial charge in [0.25, 0.3) is 11.8 Å². The van der Waals surface area contributed by atoms with Gasteiger partial charge in [-0.05, 0) is 17.7 Å². The van der Waals surface area contributed by atoms with Crippen LogP contribution < -0.4 is 21.4 Å². The normalized spacial score (nSPS) is 27.5. The van der Waals surface area contributed by atoms with Crippen molar-refractivity contribution in [2.45, 2.75) is 30.8 Å². The summed E-state index contributed by atoms with van der Waals surface area (Å²) in [5.74, 6) is -0.473. The van der Waals surface area contributed by atoms with Gasteiger partial charge in [0.15, 0.2) is 6.17 Å². The minimum atomic E-state index is -4.54. The Kier molecular flexibility index (Phi) is 6.74. The van der Waals surface area contributed by atoms with E-state index in [0.29, 0.717) is 30.9 Å². The lowest BCUT2D eigenvalue weighted by atomic mass is 10.1. The summed E-state index contributed by atoms with van der Waals surface area (Å²) in [6.45, 7) is 1.34. The Morgan fingerprint density at radius 3 is 2.64 bits per heavy atom. The van der Waals surface area contributed by atoms with Crippen LogP contribution in [0.5, 0.6) is 0 Å². The smallest absolute Gasteiger partial charge is 0.377 e. The SMILES string of the molecule is CN1C=CNC1C(=O)N1CCOCC1CNC(=O)c1ccc(C2NOC(C(F)(F)F)N2)cc1. The first-order chi connectivity index (χ1) is 15.7. The molecule has 4 atom stereocenters. The third kappa shape index (κ3) is 5.21. The highest BCUT2D eigenvalue weighted by Crippen LogP contribution is 2.27. The van der Waals surface area contributed by atoms with Gasteiger partial charge >= 0.3 is 6.18 Å². The number of hydroxylamine groups is 1. The largest absolute Gasteiger partial charge is 0.430 e. The Morgan fingerprint density at radius 1 is 1.24 bits per heavy atom. The summed E-state index contributed by atoms with van der Waals surface area (Å²) in [5.41, 5.74) is 3.11. The monoisotopic (exact) mass is 470 g/mol. The maximum atomic E-state index is 12.9. The van der Waals surface area contributed by atoms with Crippen molar-refractivity contribution >= 4 is 11.8 Å². The molecule has 0 saturated carbocycles. The topological polar surface area (TPSA) is 107 Å². The van der Waals surface area contributed by atoms with Crippen LogP contribution in [0, 0.1) is 0 Å². The summed E-state index contributed by atoms with van der Waals surface area (Å²) in [6, 6.07) is 5.77. The molecule has 2 fully saturated rings. The zero-order chi connectivity index (χ0) is 23.6. The number of nitrogens with one attached hydrogen (secondary N) is 4. The second-order valence-corrected chi connectivity index (χ2v) is 7.90. The molecular formula is C20H25F3N6O4. The molecule has 0 aromatic heterocycles. The molecule has 33 heavy (non-hydrogen) atoms. The van der Waals surface area contributed by atoms with E-state index < -0.39 is 24.7 Å². The van der Waals surface area contributed by atoms with Gasteiger partial charge in [-0.1, -0.05) is 12.1 Å². The van der Waals surface area contributed by atoms with Gasteiger partial charge in [-0.25, -0.2) is 0 Å². The number of halogens is 3. The summed E-state index contributed by atoms with van der Waals surface area (Å²) >= 11 is 0. The van der Waals surface area contributed by atoms with Gasteiger partial charge in [0, 0.05) is 38.1 Å². The van der Waals surface area contributed by atoms with Crippen LogP contribution in [-0.2, 0) is 14.4 Å². The van der Waals surface area contributed by atoms with Crippen molar-refractivity contribution in [3.63, 3.8) is 0 Å². The molecule has 3 aliphatic rings. The Morgan fingerprint density at radius 2 is 2.00 bits per heavy atom. The minimum Gasteiger partial charge on any atom is -0.377 e. The zero-order valence-electron chi connectivity index (χ0n) is 17.8. The molecular weight excluding hydrogens is 445 g/mol. The van der Waals surface area contributed by atoms with E-state index in [2.05, 4.69) is 26.3 Å². The lowest BCUT2D eigenvalue weighted by Gasteiger charge is -2.38. The standard InChI is InChI=1S/C20H25F3N6O4/c1-28-7-6-24-16(28)18(31)29-8-9-32-11-14(29)10-25-17(30)13-4-2-12(3-5-13)15-26-19(33-27-15)20(21,22)23/h2-7,14-16,19,24,26-27H,8-11H2,1H3,(H,25,30). The number of carbonyl (C=O) groups is 2. The Hall–Kier alpha value is -2.87. The maximum absolute atomic E-state index is 12.9. The van der Waals surface area contributed by atoms with Crippen LogP contribution in [0.3, 0.4) is 0 Å². The molecule has 180 valence electrons. The van der Waals surface area contributed by atoms with Crippen molar-refractivity contribution in [2.24, 2.45) is 0 Å². The van der Waals surface area contributed by atoms with Crippen molar-refractivity contribution in [3.05, 3.63) is 47.8 Å². The molecule has 0 bridgehead atoms. The van der Waals surface area contributed by atoms with Crippen molar-refractivity contribution in [2.75, 3.05) is 33.4 Å². The zero-order valence-corrected chi connectivity index (χ0v) is 17.8. The third-order valence-electron chi connectivity index (χ3n) is 5.64. The molecule has 2 amide bonds. The lowest BCUT2D eigenvalue weighted by Crippen LogP contribution is -2.59. The molecule has 1 aromatic rings. The molecule has 0 radical (unpaired) electrons. The van der Waals surface area contributed by atoms with E-state index in [1.54, 1.807) is 29.2 Å². The van der Waals surface area contributed by atoms with E-state index in [9.17, 15) is 22.8 Å². The van der Waals surface area contributed by atoms with Crippen molar-refractivity contribution in [1.82, 2.24) is 31.2 Å². The first kappa shape index (κ1) is 23.3. The fraction of sp³-hybridized carbons (Fsp3) is 0.500. The number of amides is 2. The van der Waals surface area contributed by atoms with Crippen molar-refractivity contribution in [3.8, 4) is 0 Å². The van der Waals surface area contributed by atoms with Gasteiger partial charge in [-0.2, -0.15) is 18.7 Å². The number of ether oxygens (including phenoxy) is 1. The number of benzene rings is 1. The minimum absolute atomic E-state index is 0.106. The molecule has 1 aromatic carbocycles.